The molecule has 4 aliphatic rings. The molecule has 4 aliphatic carbocycles. The standard InChI is InChI=1S/C36H54F6N2O/c1-22(21-45-36(41,42)35(39,40)34(37,38)25-18-26(43)20-27(44)19-25)8-7-9-23(2)29-13-14-30-28-12-11-24-10-5-6-16-32(24,3)31(28)15-17-33(29,30)4/h18-20,22-24,28-31H,5-17,21,43-44H2,1-4H3/t22?,23?,24?,28-,29+,30-,31-,32-,33+/m0/s1. The number of rotatable bonds is 11. The molecule has 4 fully saturated rings. The van der Waals surface area contributed by atoms with Gasteiger partial charge in [-0.2, -0.15) is 26.3 Å². The molecule has 3 nitrogen and oxygen atoms in total. The molecule has 0 radical (unpaired) electrons. The van der Waals surface area contributed by atoms with E-state index in [2.05, 4.69) is 25.5 Å². The zero-order chi connectivity index (χ0) is 33.0. The van der Waals surface area contributed by atoms with Gasteiger partial charge in [0.15, 0.2) is 0 Å². The third-order valence-electron chi connectivity index (χ3n) is 13.3. The Balaban J connectivity index is 1.12. The monoisotopic (exact) mass is 644 g/mol. The molecule has 9 heteroatoms. The van der Waals surface area contributed by atoms with Crippen LogP contribution in [-0.4, -0.2) is 18.6 Å². The molecule has 0 amide bonds. The summed E-state index contributed by atoms with van der Waals surface area (Å²) in [5.41, 5.74) is 9.66. The number of ether oxygens (including phenoxy) is 1. The molecule has 45 heavy (non-hydrogen) atoms. The Morgan fingerprint density at radius 3 is 2.16 bits per heavy atom. The quantitative estimate of drug-likeness (QED) is 0.186. The molecule has 0 spiro atoms. The van der Waals surface area contributed by atoms with Crippen LogP contribution in [-0.2, 0) is 10.7 Å². The van der Waals surface area contributed by atoms with Crippen LogP contribution in [0.3, 0.4) is 0 Å². The fourth-order valence-electron chi connectivity index (χ4n) is 10.9. The zero-order valence-corrected chi connectivity index (χ0v) is 27.5. The van der Waals surface area contributed by atoms with Gasteiger partial charge in [0, 0.05) is 16.9 Å². The number of anilines is 2. The summed E-state index contributed by atoms with van der Waals surface area (Å²) in [6.07, 6.45) is 10.3. The predicted molar refractivity (Wildman–Crippen MR) is 167 cm³/mol. The second-order valence-corrected chi connectivity index (χ2v) is 16.0. The Labute approximate surface area is 265 Å². The minimum atomic E-state index is -5.81. The van der Waals surface area contributed by atoms with Crippen molar-refractivity contribution in [2.24, 2.45) is 52.3 Å². The number of halogens is 6. The first kappa shape index (κ1) is 34.7. The molecule has 5 rings (SSSR count). The van der Waals surface area contributed by atoms with Crippen molar-refractivity contribution in [2.75, 3.05) is 18.1 Å². The lowest BCUT2D eigenvalue weighted by Crippen LogP contribution is -2.54. The van der Waals surface area contributed by atoms with Crippen molar-refractivity contribution in [3.05, 3.63) is 23.8 Å². The zero-order valence-electron chi connectivity index (χ0n) is 27.5. The van der Waals surface area contributed by atoms with E-state index in [9.17, 15) is 26.3 Å². The average Bonchev–Trinajstić information content (AvgIpc) is 3.32. The first-order valence-electron chi connectivity index (χ1n) is 17.4. The molecular formula is C36H54F6N2O. The summed E-state index contributed by atoms with van der Waals surface area (Å²) < 4.78 is 91.8. The van der Waals surface area contributed by atoms with E-state index >= 15 is 0 Å². The molecule has 0 bridgehead atoms. The number of nitrogen functional groups attached to an aromatic ring is 2. The van der Waals surface area contributed by atoms with Gasteiger partial charge in [-0.3, -0.25) is 0 Å². The predicted octanol–water partition coefficient (Wildman–Crippen LogP) is 10.7. The normalized spacial score (nSPS) is 35.3. The van der Waals surface area contributed by atoms with E-state index in [1.54, 1.807) is 6.92 Å². The summed E-state index contributed by atoms with van der Waals surface area (Å²) in [6.45, 7) is 8.33. The lowest BCUT2D eigenvalue weighted by atomic mass is 9.44. The molecular weight excluding hydrogens is 590 g/mol. The number of fused-ring (bicyclic) bond motifs is 5. The van der Waals surface area contributed by atoms with E-state index in [0.29, 0.717) is 41.2 Å². The van der Waals surface area contributed by atoms with Gasteiger partial charge in [-0.05, 0) is 128 Å². The summed E-state index contributed by atoms with van der Waals surface area (Å²) in [5, 5.41) is 0. The van der Waals surface area contributed by atoms with E-state index in [1.807, 2.05) is 0 Å². The van der Waals surface area contributed by atoms with E-state index in [0.717, 1.165) is 42.6 Å². The minimum absolute atomic E-state index is 0.330. The van der Waals surface area contributed by atoms with Gasteiger partial charge in [0.25, 0.3) is 0 Å². The number of alkyl halides is 6. The number of hydrogen-bond acceptors (Lipinski definition) is 3. The largest absolute Gasteiger partial charge is 0.426 e. The highest BCUT2D eigenvalue weighted by atomic mass is 19.3. The van der Waals surface area contributed by atoms with Crippen molar-refractivity contribution in [2.45, 2.75) is 129 Å². The van der Waals surface area contributed by atoms with E-state index in [4.69, 9.17) is 11.5 Å². The molecule has 0 saturated heterocycles. The molecule has 1 aromatic carbocycles. The van der Waals surface area contributed by atoms with Gasteiger partial charge < -0.3 is 16.2 Å². The van der Waals surface area contributed by atoms with Crippen LogP contribution < -0.4 is 11.5 Å². The van der Waals surface area contributed by atoms with E-state index in [1.165, 1.54) is 64.2 Å². The van der Waals surface area contributed by atoms with Gasteiger partial charge in [-0.25, -0.2) is 0 Å². The SMILES string of the molecule is CC(CCCC(C)[C@H]1CC[C@H]2[C@@H]3CCC4CCCC[C@]4(C)[C@H]3CC[C@]12C)COC(F)(F)C(F)(F)C(F)(F)c1cc(N)cc(N)c1. The van der Waals surface area contributed by atoms with Crippen LogP contribution >= 0.6 is 0 Å². The van der Waals surface area contributed by atoms with Crippen LogP contribution in [0.5, 0.6) is 0 Å². The topological polar surface area (TPSA) is 61.3 Å². The van der Waals surface area contributed by atoms with Crippen LogP contribution in [0, 0.1) is 52.3 Å². The summed E-state index contributed by atoms with van der Waals surface area (Å²) in [6, 6.07) is 2.11. The summed E-state index contributed by atoms with van der Waals surface area (Å²) >= 11 is 0. The maximum Gasteiger partial charge on any atom is 0.426 e. The van der Waals surface area contributed by atoms with Crippen LogP contribution in [0.2, 0.25) is 0 Å². The first-order valence-corrected chi connectivity index (χ1v) is 17.4. The number of nitrogens with two attached hydrogens (primary N) is 2. The van der Waals surface area contributed by atoms with Crippen LogP contribution in [0.1, 0.15) is 117 Å². The van der Waals surface area contributed by atoms with Gasteiger partial charge >= 0.3 is 18.0 Å². The smallest absolute Gasteiger partial charge is 0.399 e. The highest BCUT2D eigenvalue weighted by Crippen LogP contribution is 2.68. The number of benzene rings is 1. The third-order valence-corrected chi connectivity index (χ3v) is 13.3. The summed E-state index contributed by atoms with van der Waals surface area (Å²) in [4.78, 5) is 0. The molecule has 0 heterocycles. The fraction of sp³-hybridized carbons (Fsp3) is 0.833. The Bertz CT molecular complexity index is 1170. The molecule has 4 saturated carbocycles. The molecule has 256 valence electrons. The Morgan fingerprint density at radius 1 is 0.800 bits per heavy atom. The lowest BCUT2D eigenvalue weighted by molar-refractivity contribution is -0.404. The maximum absolute atomic E-state index is 14.7. The van der Waals surface area contributed by atoms with Gasteiger partial charge in [0.05, 0.1) is 6.61 Å². The van der Waals surface area contributed by atoms with Gasteiger partial charge in [0.1, 0.15) is 0 Å². The molecule has 4 N–H and O–H groups in total. The van der Waals surface area contributed by atoms with Crippen molar-refractivity contribution in [3.63, 3.8) is 0 Å². The van der Waals surface area contributed by atoms with Crippen molar-refractivity contribution < 1.29 is 31.1 Å². The molecule has 9 atom stereocenters. The highest BCUT2D eigenvalue weighted by molar-refractivity contribution is 5.55. The van der Waals surface area contributed by atoms with Crippen molar-refractivity contribution in [3.8, 4) is 0 Å². The summed E-state index contributed by atoms with van der Waals surface area (Å²) in [7, 11) is 0. The summed E-state index contributed by atoms with van der Waals surface area (Å²) in [5.74, 6) is -7.08. The third kappa shape index (κ3) is 6.10. The highest BCUT2D eigenvalue weighted by Gasteiger charge is 2.73. The second-order valence-electron chi connectivity index (χ2n) is 16.0. The van der Waals surface area contributed by atoms with Crippen LogP contribution in [0.25, 0.3) is 0 Å². The van der Waals surface area contributed by atoms with E-state index < -0.39 is 36.0 Å². The van der Waals surface area contributed by atoms with E-state index in [-0.39, 0.29) is 11.4 Å². The molecule has 3 unspecified atom stereocenters. The van der Waals surface area contributed by atoms with Crippen molar-refractivity contribution >= 4 is 11.4 Å². The van der Waals surface area contributed by atoms with Crippen LogP contribution in [0.15, 0.2) is 18.2 Å². The Kier molecular flexibility index (Phi) is 9.58. The van der Waals surface area contributed by atoms with Crippen molar-refractivity contribution in [1.82, 2.24) is 0 Å². The molecule has 0 aromatic heterocycles. The van der Waals surface area contributed by atoms with Crippen LogP contribution in [0.4, 0.5) is 37.7 Å². The average molecular weight is 645 g/mol. The minimum Gasteiger partial charge on any atom is -0.399 e. The van der Waals surface area contributed by atoms with Gasteiger partial charge in [-0.15, -0.1) is 0 Å². The first-order chi connectivity index (χ1) is 20.9. The molecule has 1 aromatic rings. The maximum atomic E-state index is 14.7. The van der Waals surface area contributed by atoms with Crippen molar-refractivity contribution in [1.29, 1.82) is 0 Å². The molecule has 0 aliphatic heterocycles. The lowest BCUT2D eigenvalue weighted by Gasteiger charge is -2.61. The second kappa shape index (κ2) is 12.4. The Morgan fingerprint density at radius 2 is 1.47 bits per heavy atom. The number of hydrogen-bond donors (Lipinski definition) is 2. The van der Waals surface area contributed by atoms with Gasteiger partial charge in [0.2, 0.25) is 0 Å². The fourth-order valence-corrected chi connectivity index (χ4v) is 10.9. The van der Waals surface area contributed by atoms with Gasteiger partial charge in [-0.1, -0.05) is 53.4 Å². The Hall–Kier alpha value is -1.64.